The molecule has 53 heavy (non-hydrogen) atoms. The molecule has 3 heterocycles. The molecule has 0 saturated carbocycles. The number of likely N-dealkylation sites (tertiary alicyclic amines) is 3. The molecule has 3 N–H and O–H groups in total. The first-order valence-corrected chi connectivity index (χ1v) is 20.8. The SMILES string of the molecule is CNC(=O)COCCCCCN1C(C2C[C@H](C)CCN2CCCOCC(=O)NC)C[C@@H](C)CC1C1C[C@@H](C)CCN1CCOCCCOCC(=O)NC. The molecule has 13 nitrogen and oxygen atoms in total. The van der Waals surface area contributed by atoms with Crippen molar-refractivity contribution in [2.75, 3.05) is 107 Å². The summed E-state index contributed by atoms with van der Waals surface area (Å²) in [5.41, 5.74) is 0. The number of carbonyl (C=O) groups is 3. The summed E-state index contributed by atoms with van der Waals surface area (Å²) in [6.07, 6.45) is 12.2. The molecule has 3 saturated heterocycles. The Morgan fingerprint density at radius 1 is 0.491 bits per heavy atom. The van der Waals surface area contributed by atoms with Crippen LogP contribution in [0.2, 0.25) is 0 Å². The van der Waals surface area contributed by atoms with Crippen LogP contribution in [0.4, 0.5) is 0 Å². The van der Waals surface area contributed by atoms with E-state index in [4.69, 9.17) is 18.9 Å². The standard InChI is InChI=1S/C40H76N6O7/c1-31-12-16-44(14-10-20-52-29-39(48)42-5)34(24-31)36-26-33(3)27-37(46(36)15-8-7-9-19-51-28-38(47)41-4)35-25-32(2)13-17-45(35)18-23-50-21-11-22-53-30-40(49)43-6/h31-37H,7-30H2,1-6H3,(H,41,47)(H,42,48)(H,43,49)/t31-,32+,33-,34?,35?,36?,37?/m1/s1. The fourth-order valence-corrected chi connectivity index (χ4v) is 8.65. The molecular weight excluding hydrogens is 676 g/mol. The first-order chi connectivity index (χ1) is 25.7. The van der Waals surface area contributed by atoms with Crippen molar-refractivity contribution in [3.05, 3.63) is 0 Å². The highest BCUT2D eigenvalue weighted by Crippen LogP contribution is 2.40. The third kappa shape index (κ3) is 16.8. The van der Waals surface area contributed by atoms with Crippen molar-refractivity contribution in [1.82, 2.24) is 30.7 Å². The third-order valence-electron chi connectivity index (χ3n) is 11.6. The number of amides is 3. The smallest absolute Gasteiger partial charge is 0.245 e. The van der Waals surface area contributed by atoms with E-state index in [-0.39, 0.29) is 37.5 Å². The van der Waals surface area contributed by atoms with Crippen LogP contribution < -0.4 is 16.0 Å². The van der Waals surface area contributed by atoms with E-state index < -0.39 is 0 Å². The second-order valence-corrected chi connectivity index (χ2v) is 16.0. The van der Waals surface area contributed by atoms with Gasteiger partial charge in [-0.15, -0.1) is 0 Å². The van der Waals surface area contributed by atoms with Crippen LogP contribution in [-0.4, -0.2) is 163 Å². The van der Waals surface area contributed by atoms with Gasteiger partial charge in [0, 0.05) is 84.8 Å². The molecule has 0 radical (unpaired) electrons. The zero-order valence-electron chi connectivity index (χ0n) is 34.2. The van der Waals surface area contributed by atoms with E-state index in [1.54, 1.807) is 21.1 Å². The molecule has 0 spiro atoms. The first-order valence-electron chi connectivity index (χ1n) is 20.8. The van der Waals surface area contributed by atoms with E-state index >= 15 is 0 Å². The lowest BCUT2D eigenvalue weighted by atomic mass is 9.75. The van der Waals surface area contributed by atoms with Gasteiger partial charge in [0.05, 0.1) is 6.61 Å². The fourth-order valence-electron chi connectivity index (χ4n) is 8.65. The lowest BCUT2D eigenvalue weighted by Crippen LogP contribution is -2.65. The highest BCUT2D eigenvalue weighted by atomic mass is 16.5. The van der Waals surface area contributed by atoms with E-state index in [0.29, 0.717) is 75.0 Å². The lowest BCUT2D eigenvalue weighted by molar-refractivity contribution is -0.126. The molecule has 4 unspecified atom stereocenters. The fraction of sp³-hybridized carbons (Fsp3) is 0.925. The van der Waals surface area contributed by atoms with E-state index in [1.165, 1.54) is 38.5 Å². The minimum Gasteiger partial charge on any atom is -0.380 e. The largest absolute Gasteiger partial charge is 0.380 e. The van der Waals surface area contributed by atoms with Crippen molar-refractivity contribution < 1.29 is 33.3 Å². The molecular formula is C40H76N6O7. The van der Waals surface area contributed by atoms with E-state index in [2.05, 4.69) is 51.4 Å². The Morgan fingerprint density at radius 3 is 1.47 bits per heavy atom. The van der Waals surface area contributed by atoms with Crippen LogP contribution in [0.1, 0.15) is 91.4 Å². The van der Waals surface area contributed by atoms with E-state index in [9.17, 15) is 14.4 Å². The predicted octanol–water partition coefficient (Wildman–Crippen LogP) is 2.91. The van der Waals surface area contributed by atoms with Crippen molar-refractivity contribution in [3.63, 3.8) is 0 Å². The number of piperidine rings is 3. The van der Waals surface area contributed by atoms with Crippen LogP contribution in [0.15, 0.2) is 0 Å². The highest BCUT2D eigenvalue weighted by molar-refractivity contribution is 5.77. The van der Waals surface area contributed by atoms with Crippen LogP contribution in [0.5, 0.6) is 0 Å². The van der Waals surface area contributed by atoms with E-state index in [0.717, 1.165) is 64.8 Å². The van der Waals surface area contributed by atoms with Crippen LogP contribution in [-0.2, 0) is 33.3 Å². The molecule has 13 heteroatoms. The summed E-state index contributed by atoms with van der Waals surface area (Å²) < 4.78 is 22.9. The highest BCUT2D eigenvalue weighted by Gasteiger charge is 2.46. The van der Waals surface area contributed by atoms with Gasteiger partial charge in [0.1, 0.15) is 19.8 Å². The predicted molar refractivity (Wildman–Crippen MR) is 209 cm³/mol. The van der Waals surface area contributed by atoms with Gasteiger partial charge in [0.25, 0.3) is 0 Å². The molecule has 0 aromatic rings. The van der Waals surface area contributed by atoms with Crippen molar-refractivity contribution >= 4 is 17.7 Å². The normalized spacial score (nSPS) is 27.4. The summed E-state index contributed by atoms with van der Waals surface area (Å²) in [4.78, 5) is 43.2. The van der Waals surface area contributed by atoms with Gasteiger partial charge in [-0.1, -0.05) is 20.8 Å². The minimum atomic E-state index is -0.105. The van der Waals surface area contributed by atoms with Crippen molar-refractivity contribution in [2.24, 2.45) is 17.8 Å². The number of nitrogens with zero attached hydrogens (tertiary/aromatic N) is 3. The molecule has 0 aliphatic carbocycles. The Bertz CT molecular complexity index is 1040. The van der Waals surface area contributed by atoms with Crippen molar-refractivity contribution in [1.29, 1.82) is 0 Å². The Kier molecular flexibility index (Phi) is 22.4. The number of hydrogen-bond donors (Lipinski definition) is 3. The Labute approximate surface area is 321 Å². The van der Waals surface area contributed by atoms with Crippen LogP contribution >= 0.6 is 0 Å². The van der Waals surface area contributed by atoms with Gasteiger partial charge < -0.3 is 34.9 Å². The number of unbranched alkanes of at least 4 members (excludes halogenated alkanes) is 2. The average molecular weight is 753 g/mol. The summed E-state index contributed by atoms with van der Waals surface area (Å²) in [5.74, 6) is 1.79. The second-order valence-electron chi connectivity index (χ2n) is 16.0. The number of nitrogens with one attached hydrogen (secondary N) is 3. The molecule has 3 aliphatic rings. The van der Waals surface area contributed by atoms with Gasteiger partial charge in [-0.05, 0) is 108 Å². The number of likely N-dealkylation sites (N-methyl/N-ethyl adjacent to an activating group) is 3. The number of ether oxygens (including phenoxy) is 4. The quantitative estimate of drug-likeness (QED) is 0.120. The monoisotopic (exact) mass is 753 g/mol. The van der Waals surface area contributed by atoms with Gasteiger partial charge in [0.2, 0.25) is 17.7 Å². The maximum Gasteiger partial charge on any atom is 0.245 e. The zero-order chi connectivity index (χ0) is 38.4. The number of carbonyl (C=O) groups excluding carboxylic acids is 3. The molecule has 0 aromatic heterocycles. The van der Waals surface area contributed by atoms with E-state index in [1.807, 2.05) is 0 Å². The molecule has 7 atom stereocenters. The van der Waals surface area contributed by atoms with Crippen molar-refractivity contribution in [2.45, 2.75) is 116 Å². The number of rotatable bonds is 25. The summed E-state index contributed by atoms with van der Waals surface area (Å²) in [6.45, 7) is 16.0. The zero-order valence-corrected chi connectivity index (χ0v) is 34.2. The summed E-state index contributed by atoms with van der Waals surface area (Å²) in [6, 6.07) is 1.98. The molecule has 3 rings (SSSR count). The Hall–Kier alpha value is -1.87. The molecule has 3 aliphatic heterocycles. The molecule has 0 aromatic carbocycles. The summed E-state index contributed by atoms with van der Waals surface area (Å²) in [5, 5.41) is 7.85. The minimum absolute atomic E-state index is 0.0766. The topological polar surface area (TPSA) is 134 Å². The number of hydrogen-bond acceptors (Lipinski definition) is 10. The summed E-state index contributed by atoms with van der Waals surface area (Å²) in [7, 11) is 4.91. The van der Waals surface area contributed by atoms with Crippen molar-refractivity contribution in [3.8, 4) is 0 Å². The van der Waals surface area contributed by atoms with Gasteiger partial charge in [0.15, 0.2) is 0 Å². The lowest BCUT2D eigenvalue weighted by Gasteiger charge is -2.56. The van der Waals surface area contributed by atoms with Gasteiger partial charge in [-0.2, -0.15) is 0 Å². The Morgan fingerprint density at radius 2 is 0.943 bits per heavy atom. The molecule has 3 fully saturated rings. The van der Waals surface area contributed by atoms with Gasteiger partial charge >= 0.3 is 0 Å². The Balaban J connectivity index is 1.71. The van der Waals surface area contributed by atoms with Gasteiger partial charge in [-0.3, -0.25) is 29.1 Å². The molecule has 308 valence electrons. The molecule has 3 amide bonds. The average Bonchev–Trinajstić information content (AvgIpc) is 3.15. The molecule has 0 bridgehead atoms. The second kappa shape index (κ2) is 26.1. The first kappa shape index (κ1) is 45.5. The maximum absolute atomic E-state index is 11.7. The van der Waals surface area contributed by atoms with Crippen LogP contribution in [0.3, 0.4) is 0 Å². The van der Waals surface area contributed by atoms with Crippen LogP contribution in [0, 0.1) is 17.8 Å². The maximum atomic E-state index is 11.7. The third-order valence-corrected chi connectivity index (χ3v) is 11.6. The van der Waals surface area contributed by atoms with Gasteiger partial charge in [-0.25, -0.2) is 0 Å². The van der Waals surface area contributed by atoms with Crippen LogP contribution in [0.25, 0.3) is 0 Å². The summed E-state index contributed by atoms with van der Waals surface area (Å²) >= 11 is 0.